The van der Waals surface area contributed by atoms with Crippen molar-refractivity contribution in [2.24, 2.45) is 0 Å². The van der Waals surface area contributed by atoms with E-state index in [0.29, 0.717) is 27.1 Å². The molecule has 0 aromatic heterocycles. The predicted molar refractivity (Wildman–Crippen MR) is 103 cm³/mol. The van der Waals surface area contributed by atoms with E-state index in [1.807, 2.05) is 12.1 Å². The second-order valence-electron chi connectivity index (χ2n) is 5.83. The van der Waals surface area contributed by atoms with Crippen LogP contribution in [0.5, 0.6) is 5.75 Å². The second-order valence-corrected chi connectivity index (χ2v) is 7.51. The fourth-order valence-corrected chi connectivity index (χ4v) is 3.98. The lowest BCUT2D eigenvalue weighted by atomic mass is 10.2. The van der Waals surface area contributed by atoms with Gasteiger partial charge in [-0.15, -0.1) is 0 Å². The van der Waals surface area contributed by atoms with E-state index >= 15 is 0 Å². The summed E-state index contributed by atoms with van der Waals surface area (Å²) in [4.78, 5) is 26.1. The van der Waals surface area contributed by atoms with Gasteiger partial charge in [-0.25, -0.2) is 4.79 Å². The van der Waals surface area contributed by atoms with Crippen molar-refractivity contribution in [2.75, 3.05) is 26.9 Å². The molecule has 3 rings (SSSR count). The number of para-hydroxylation sites is 1. The predicted octanol–water partition coefficient (Wildman–Crippen LogP) is 2.62. The Morgan fingerprint density at radius 3 is 3.00 bits per heavy atom. The fourth-order valence-electron chi connectivity index (χ4n) is 2.72. The van der Waals surface area contributed by atoms with Crippen LogP contribution < -0.4 is 4.74 Å². The highest BCUT2D eigenvalue weighted by Gasteiger charge is 2.34. The highest BCUT2D eigenvalue weighted by Crippen LogP contribution is 2.35. The van der Waals surface area contributed by atoms with Crippen molar-refractivity contribution >= 4 is 46.3 Å². The molecule has 1 atom stereocenters. The SMILES string of the molecule is COC(=O)COc1ccccc1/C=C1\SC(=S)N(C[C@@H]2CCCO2)C1=O. The average molecular weight is 393 g/mol. The molecule has 0 aliphatic carbocycles. The monoisotopic (exact) mass is 393 g/mol. The van der Waals surface area contributed by atoms with Crippen LogP contribution in [0.4, 0.5) is 0 Å². The molecule has 0 N–H and O–H groups in total. The Kier molecular flexibility index (Phi) is 6.29. The largest absolute Gasteiger partial charge is 0.481 e. The lowest BCUT2D eigenvalue weighted by molar-refractivity contribution is -0.142. The first kappa shape index (κ1) is 18.9. The lowest BCUT2D eigenvalue weighted by Crippen LogP contribution is -2.35. The van der Waals surface area contributed by atoms with Gasteiger partial charge in [0.2, 0.25) is 0 Å². The Bertz CT molecular complexity index is 743. The van der Waals surface area contributed by atoms with Gasteiger partial charge in [-0.1, -0.05) is 42.2 Å². The van der Waals surface area contributed by atoms with Gasteiger partial charge in [0.25, 0.3) is 5.91 Å². The Hall–Kier alpha value is -1.90. The number of thiocarbonyl (C=S) groups is 1. The van der Waals surface area contributed by atoms with Crippen LogP contribution >= 0.6 is 24.0 Å². The smallest absolute Gasteiger partial charge is 0.343 e. The molecule has 2 saturated heterocycles. The average Bonchev–Trinajstić information content (AvgIpc) is 3.25. The molecule has 2 aliphatic heterocycles. The zero-order valence-corrected chi connectivity index (χ0v) is 15.9. The summed E-state index contributed by atoms with van der Waals surface area (Å²) in [6.07, 6.45) is 3.74. The molecule has 1 amide bonds. The van der Waals surface area contributed by atoms with Gasteiger partial charge in [-0.3, -0.25) is 9.69 Å². The summed E-state index contributed by atoms with van der Waals surface area (Å²) in [6, 6.07) is 7.19. The molecule has 6 nitrogen and oxygen atoms in total. The van der Waals surface area contributed by atoms with Gasteiger partial charge in [0, 0.05) is 12.2 Å². The number of thioether (sulfide) groups is 1. The molecular weight excluding hydrogens is 374 g/mol. The van der Waals surface area contributed by atoms with Crippen molar-refractivity contribution in [1.82, 2.24) is 4.90 Å². The first-order chi connectivity index (χ1) is 12.6. The number of carbonyl (C=O) groups is 2. The van der Waals surface area contributed by atoms with Crippen molar-refractivity contribution in [3.63, 3.8) is 0 Å². The molecule has 1 aromatic rings. The van der Waals surface area contributed by atoms with Gasteiger partial charge >= 0.3 is 5.97 Å². The molecule has 138 valence electrons. The normalized spacial score (nSPS) is 21.5. The number of nitrogens with zero attached hydrogens (tertiary/aromatic N) is 1. The summed E-state index contributed by atoms with van der Waals surface area (Å²) < 4.78 is 16.2. The minimum absolute atomic E-state index is 0.0486. The number of rotatable bonds is 6. The number of ether oxygens (including phenoxy) is 3. The first-order valence-corrected chi connectivity index (χ1v) is 9.46. The number of benzene rings is 1. The van der Waals surface area contributed by atoms with E-state index in [9.17, 15) is 9.59 Å². The van der Waals surface area contributed by atoms with Crippen LogP contribution in [0.3, 0.4) is 0 Å². The van der Waals surface area contributed by atoms with Crippen molar-refractivity contribution < 1.29 is 23.8 Å². The number of hydrogen-bond donors (Lipinski definition) is 0. The highest BCUT2D eigenvalue weighted by molar-refractivity contribution is 8.26. The molecule has 2 aliphatic rings. The van der Waals surface area contributed by atoms with Crippen molar-refractivity contribution in [3.05, 3.63) is 34.7 Å². The quantitative estimate of drug-likeness (QED) is 0.418. The Labute approximate surface area is 161 Å². The minimum Gasteiger partial charge on any atom is -0.481 e. The second kappa shape index (κ2) is 8.66. The zero-order valence-electron chi connectivity index (χ0n) is 14.3. The third-order valence-electron chi connectivity index (χ3n) is 4.06. The number of methoxy groups -OCH3 is 1. The Balaban J connectivity index is 1.74. The number of esters is 1. The van der Waals surface area contributed by atoms with Crippen LogP contribution in [0, 0.1) is 0 Å². The van der Waals surface area contributed by atoms with Crippen molar-refractivity contribution in [3.8, 4) is 5.75 Å². The Morgan fingerprint density at radius 2 is 2.27 bits per heavy atom. The van der Waals surface area contributed by atoms with E-state index in [1.165, 1.54) is 18.9 Å². The first-order valence-electron chi connectivity index (χ1n) is 8.24. The molecule has 0 spiro atoms. The topological polar surface area (TPSA) is 65.1 Å². The summed E-state index contributed by atoms with van der Waals surface area (Å²) in [6.45, 7) is 1.03. The molecule has 26 heavy (non-hydrogen) atoms. The van der Waals surface area contributed by atoms with E-state index in [4.69, 9.17) is 21.7 Å². The molecule has 1 aromatic carbocycles. The molecule has 0 radical (unpaired) electrons. The van der Waals surface area contributed by atoms with Gasteiger partial charge in [-0.05, 0) is 25.0 Å². The summed E-state index contributed by atoms with van der Waals surface area (Å²) >= 11 is 6.62. The van der Waals surface area contributed by atoms with E-state index in [1.54, 1.807) is 23.1 Å². The maximum Gasteiger partial charge on any atom is 0.343 e. The van der Waals surface area contributed by atoms with Crippen molar-refractivity contribution in [1.29, 1.82) is 0 Å². The Morgan fingerprint density at radius 1 is 1.46 bits per heavy atom. The third kappa shape index (κ3) is 4.44. The zero-order chi connectivity index (χ0) is 18.5. The molecule has 0 bridgehead atoms. The number of carbonyl (C=O) groups excluding carboxylic acids is 2. The lowest BCUT2D eigenvalue weighted by Gasteiger charge is -2.18. The van der Waals surface area contributed by atoms with Crippen LogP contribution in [-0.2, 0) is 19.1 Å². The summed E-state index contributed by atoms with van der Waals surface area (Å²) in [7, 11) is 1.30. The molecule has 2 fully saturated rings. The van der Waals surface area contributed by atoms with Crippen molar-refractivity contribution in [2.45, 2.75) is 18.9 Å². The van der Waals surface area contributed by atoms with E-state index in [0.717, 1.165) is 19.4 Å². The van der Waals surface area contributed by atoms with E-state index in [2.05, 4.69) is 4.74 Å². The van der Waals surface area contributed by atoms with Crippen LogP contribution in [0.2, 0.25) is 0 Å². The molecule has 0 unspecified atom stereocenters. The van der Waals surface area contributed by atoms with E-state index < -0.39 is 5.97 Å². The van der Waals surface area contributed by atoms with Crippen LogP contribution in [0.25, 0.3) is 6.08 Å². The fraction of sp³-hybridized carbons (Fsp3) is 0.389. The summed E-state index contributed by atoms with van der Waals surface area (Å²) in [5, 5.41) is 0. The number of amides is 1. The molecule has 2 heterocycles. The third-order valence-corrected chi connectivity index (χ3v) is 5.44. The molecule has 8 heteroatoms. The number of hydrogen-bond acceptors (Lipinski definition) is 7. The van der Waals surface area contributed by atoms with Gasteiger partial charge in [-0.2, -0.15) is 0 Å². The van der Waals surface area contributed by atoms with Crippen LogP contribution in [0.15, 0.2) is 29.2 Å². The van der Waals surface area contributed by atoms with Crippen LogP contribution in [0.1, 0.15) is 18.4 Å². The highest BCUT2D eigenvalue weighted by atomic mass is 32.2. The minimum atomic E-state index is -0.470. The van der Waals surface area contributed by atoms with Gasteiger partial charge in [0.15, 0.2) is 6.61 Å². The standard InChI is InChI=1S/C18H19NO5S2/c1-22-16(20)11-24-14-7-3-2-5-12(14)9-15-17(21)19(18(25)26-15)10-13-6-4-8-23-13/h2-3,5,7,9,13H,4,6,8,10-11H2,1H3/b15-9-/t13-/m0/s1. The van der Waals surface area contributed by atoms with Gasteiger partial charge < -0.3 is 14.2 Å². The summed E-state index contributed by atoms with van der Waals surface area (Å²) in [5.41, 5.74) is 0.703. The van der Waals surface area contributed by atoms with Crippen LogP contribution in [-0.4, -0.2) is 54.1 Å². The maximum absolute atomic E-state index is 12.7. The maximum atomic E-state index is 12.7. The van der Waals surface area contributed by atoms with E-state index in [-0.39, 0.29) is 18.6 Å². The van der Waals surface area contributed by atoms with Gasteiger partial charge in [0.05, 0.1) is 24.7 Å². The molecular formula is C18H19NO5S2. The molecule has 0 saturated carbocycles. The summed E-state index contributed by atoms with van der Waals surface area (Å²) in [5.74, 6) is -0.0942. The van der Waals surface area contributed by atoms with Gasteiger partial charge in [0.1, 0.15) is 10.1 Å².